The van der Waals surface area contributed by atoms with E-state index in [0.29, 0.717) is 5.69 Å². The van der Waals surface area contributed by atoms with Crippen LogP contribution in [0.5, 0.6) is 0 Å². The van der Waals surface area contributed by atoms with Gasteiger partial charge in [0.15, 0.2) is 0 Å². The van der Waals surface area contributed by atoms with Crippen LogP contribution in [0.2, 0.25) is 0 Å². The molecule has 0 radical (unpaired) electrons. The molecule has 0 unspecified atom stereocenters. The normalized spacial score (nSPS) is 11.3. The van der Waals surface area contributed by atoms with Crippen LogP contribution in [0, 0.1) is 6.92 Å². The Bertz CT molecular complexity index is 669. The first-order chi connectivity index (χ1) is 8.98. The molecule has 0 bridgehead atoms. The minimum Gasteiger partial charge on any atom is -0.282 e. The topological polar surface area (TPSA) is 46.2 Å². The maximum atomic E-state index is 12.1. The Morgan fingerprint density at radius 1 is 1.05 bits per heavy atom. The van der Waals surface area contributed by atoms with Gasteiger partial charge >= 0.3 is 0 Å². The monoisotopic (exact) mass is 339 g/mol. The smallest absolute Gasteiger partial charge is 0.236 e. The highest BCUT2D eigenvalue weighted by Crippen LogP contribution is 2.27. The molecular formula is C14H14BrNO2S. The van der Waals surface area contributed by atoms with E-state index in [1.807, 2.05) is 37.3 Å². The molecule has 100 valence electrons. The molecule has 5 heteroatoms. The van der Waals surface area contributed by atoms with Gasteiger partial charge in [-0.25, -0.2) is 8.42 Å². The molecule has 19 heavy (non-hydrogen) atoms. The molecular weight excluding hydrogens is 326 g/mol. The van der Waals surface area contributed by atoms with E-state index in [4.69, 9.17) is 0 Å². The van der Waals surface area contributed by atoms with Crippen LogP contribution in [0.1, 0.15) is 11.1 Å². The van der Waals surface area contributed by atoms with Crippen LogP contribution in [-0.4, -0.2) is 8.42 Å². The van der Waals surface area contributed by atoms with Gasteiger partial charge in [-0.05, 0) is 40.0 Å². The van der Waals surface area contributed by atoms with Crippen molar-refractivity contribution in [1.82, 2.24) is 0 Å². The van der Waals surface area contributed by atoms with Crippen molar-refractivity contribution in [2.75, 3.05) is 4.72 Å². The van der Waals surface area contributed by atoms with Gasteiger partial charge in [-0.2, -0.15) is 0 Å². The minimum atomic E-state index is -3.41. The lowest BCUT2D eigenvalue weighted by atomic mass is 10.2. The summed E-state index contributed by atoms with van der Waals surface area (Å²) in [5.41, 5.74) is 2.31. The number of aryl methyl sites for hydroxylation is 1. The maximum Gasteiger partial charge on any atom is 0.236 e. The van der Waals surface area contributed by atoms with E-state index in [-0.39, 0.29) is 5.75 Å². The zero-order valence-corrected chi connectivity index (χ0v) is 12.8. The van der Waals surface area contributed by atoms with Crippen LogP contribution in [0.4, 0.5) is 5.69 Å². The Morgan fingerprint density at radius 3 is 2.42 bits per heavy atom. The van der Waals surface area contributed by atoms with E-state index in [1.54, 1.807) is 18.2 Å². The third-order valence-corrected chi connectivity index (χ3v) is 4.95. The highest BCUT2D eigenvalue weighted by atomic mass is 79.9. The first-order valence-electron chi connectivity index (χ1n) is 5.77. The molecule has 0 aliphatic rings. The summed E-state index contributed by atoms with van der Waals surface area (Å²) in [5, 5.41) is 0. The summed E-state index contributed by atoms with van der Waals surface area (Å²) < 4.78 is 27.6. The quantitative estimate of drug-likeness (QED) is 0.922. The fourth-order valence-electron chi connectivity index (χ4n) is 1.72. The molecule has 3 nitrogen and oxygen atoms in total. The number of rotatable bonds is 4. The van der Waals surface area contributed by atoms with E-state index in [0.717, 1.165) is 15.6 Å². The first-order valence-corrected chi connectivity index (χ1v) is 8.22. The molecule has 0 fully saturated rings. The molecule has 0 amide bonds. The van der Waals surface area contributed by atoms with Crippen molar-refractivity contribution in [2.45, 2.75) is 12.7 Å². The van der Waals surface area contributed by atoms with Gasteiger partial charge in [-0.15, -0.1) is 0 Å². The summed E-state index contributed by atoms with van der Waals surface area (Å²) in [7, 11) is -3.41. The zero-order valence-electron chi connectivity index (χ0n) is 10.4. The van der Waals surface area contributed by atoms with Crippen LogP contribution in [0.3, 0.4) is 0 Å². The molecule has 2 aromatic carbocycles. The van der Waals surface area contributed by atoms with Gasteiger partial charge in [0.2, 0.25) is 10.0 Å². The van der Waals surface area contributed by atoms with Gasteiger partial charge in [0.05, 0.1) is 11.4 Å². The van der Waals surface area contributed by atoms with Crippen LogP contribution < -0.4 is 4.72 Å². The van der Waals surface area contributed by atoms with Gasteiger partial charge < -0.3 is 0 Å². The second kappa shape index (κ2) is 5.75. The molecule has 0 aromatic heterocycles. The number of hydrogen-bond donors (Lipinski definition) is 1. The minimum absolute atomic E-state index is 0.0335. The van der Waals surface area contributed by atoms with Crippen LogP contribution >= 0.6 is 15.9 Å². The highest BCUT2D eigenvalue weighted by molar-refractivity contribution is 9.10. The predicted octanol–water partition coefficient (Wildman–Crippen LogP) is 3.70. The van der Waals surface area contributed by atoms with Crippen molar-refractivity contribution in [1.29, 1.82) is 0 Å². The number of anilines is 1. The summed E-state index contributed by atoms with van der Waals surface area (Å²) in [4.78, 5) is 0. The number of nitrogens with one attached hydrogen (secondary N) is 1. The van der Waals surface area contributed by atoms with E-state index < -0.39 is 10.0 Å². The van der Waals surface area contributed by atoms with E-state index in [2.05, 4.69) is 20.7 Å². The largest absolute Gasteiger partial charge is 0.282 e. The average molecular weight is 340 g/mol. The summed E-state index contributed by atoms with van der Waals surface area (Å²) in [6, 6.07) is 14.6. The predicted molar refractivity (Wildman–Crippen MR) is 81.6 cm³/mol. The second-order valence-electron chi connectivity index (χ2n) is 4.28. The van der Waals surface area contributed by atoms with E-state index >= 15 is 0 Å². The standard InChI is InChI=1S/C14H14BrNO2S/c1-11-6-5-9-13(14(11)15)16-19(17,18)10-12-7-3-2-4-8-12/h2-9,16H,10H2,1H3. The van der Waals surface area contributed by atoms with E-state index in [9.17, 15) is 8.42 Å². The molecule has 0 saturated carbocycles. The molecule has 0 saturated heterocycles. The van der Waals surface area contributed by atoms with Gasteiger partial charge in [-0.3, -0.25) is 4.72 Å². The number of sulfonamides is 1. The SMILES string of the molecule is Cc1cccc(NS(=O)(=O)Cc2ccccc2)c1Br. The molecule has 1 N–H and O–H groups in total. The van der Waals surface area contributed by atoms with Crippen molar-refractivity contribution in [3.05, 3.63) is 64.1 Å². The number of halogens is 1. The summed E-state index contributed by atoms with van der Waals surface area (Å²) >= 11 is 3.39. The van der Waals surface area contributed by atoms with E-state index in [1.165, 1.54) is 0 Å². The highest BCUT2D eigenvalue weighted by Gasteiger charge is 2.13. The molecule has 0 spiro atoms. The van der Waals surface area contributed by atoms with Crippen molar-refractivity contribution in [2.24, 2.45) is 0 Å². The molecule has 0 aliphatic heterocycles. The lowest BCUT2D eigenvalue weighted by Crippen LogP contribution is -2.15. The zero-order chi connectivity index (χ0) is 13.9. The Morgan fingerprint density at radius 2 is 1.74 bits per heavy atom. The van der Waals surface area contributed by atoms with Crippen LogP contribution in [0.15, 0.2) is 53.0 Å². The second-order valence-corrected chi connectivity index (χ2v) is 6.80. The summed E-state index contributed by atoms with van der Waals surface area (Å²) in [6.07, 6.45) is 0. The lowest BCUT2D eigenvalue weighted by molar-refractivity contribution is 0.600. The van der Waals surface area contributed by atoms with Crippen molar-refractivity contribution >= 4 is 31.6 Å². The summed E-state index contributed by atoms with van der Waals surface area (Å²) in [5.74, 6) is -0.0335. The lowest BCUT2D eigenvalue weighted by Gasteiger charge is -2.11. The molecule has 0 heterocycles. The van der Waals surface area contributed by atoms with Gasteiger partial charge in [0, 0.05) is 4.47 Å². The Labute approximate surface area is 121 Å². The van der Waals surface area contributed by atoms with Crippen LogP contribution in [-0.2, 0) is 15.8 Å². The molecule has 2 aromatic rings. The average Bonchev–Trinajstić information content (AvgIpc) is 2.35. The fraction of sp³-hybridized carbons (Fsp3) is 0.143. The Hall–Kier alpha value is -1.33. The molecule has 2 rings (SSSR count). The van der Waals surface area contributed by atoms with Gasteiger partial charge in [0.1, 0.15) is 0 Å². The van der Waals surface area contributed by atoms with Gasteiger partial charge in [-0.1, -0.05) is 42.5 Å². The Kier molecular flexibility index (Phi) is 4.27. The maximum absolute atomic E-state index is 12.1. The summed E-state index contributed by atoms with van der Waals surface area (Å²) in [6.45, 7) is 1.92. The van der Waals surface area contributed by atoms with Gasteiger partial charge in [0.25, 0.3) is 0 Å². The van der Waals surface area contributed by atoms with Crippen molar-refractivity contribution in [3.8, 4) is 0 Å². The van der Waals surface area contributed by atoms with Crippen molar-refractivity contribution < 1.29 is 8.42 Å². The third kappa shape index (κ3) is 3.81. The third-order valence-electron chi connectivity index (χ3n) is 2.66. The molecule has 0 aliphatic carbocycles. The first kappa shape index (κ1) is 14.1. The number of benzene rings is 2. The number of hydrogen-bond acceptors (Lipinski definition) is 2. The van der Waals surface area contributed by atoms with Crippen molar-refractivity contribution in [3.63, 3.8) is 0 Å². The Balaban J connectivity index is 2.20. The fourth-order valence-corrected chi connectivity index (χ4v) is 3.43. The van der Waals surface area contributed by atoms with Crippen LogP contribution in [0.25, 0.3) is 0 Å². The molecule has 0 atom stereocenters.